The summed E-state index contributed by atoms with van der Waals surface area (Å²) < 4.78 is 22.5. The molecule has 1 aliphatic carbocycles. The van der Waals surface area contributed by atoms with Gasteiger partial charge in [0.05, 0.1) is 5.52 Å². The summed E-state index contributed by atoms with van der Waals surface area (Å²) in [6.07, 6.45) is -0.102. The molecule has 1 aliphatic rings. The van der Waals surface area contributed by atoms with Gasteiger partial charge in [-0.15, -0.1) is 0 Å². The number of aromatic nitrogens is 1. The van der Waals surface area contributed by atoms with Gasteiger partial charge in [0.1, 0.15) is 18.2 Å². The first-order valence-corrected chi connectivity index (χ1v) is 13.1. The maximum Gasteiger partial charge on any atom is 0.423 e. The number of aryl methyl sites for hydroxylation is 1. The topological polar surface area (TPSA) is 92.6 Å². The summed E-state index contributed by atoms with van der Waals surface area (Å²) in [6, 6.07) is 21.2. The van der Waals surface area contributed by atoms with E-state index < -0.39 is 6.09 Å². The number of benzene rings is 3. The van der Waals surface area contributed by atoms with Crippen molar-refractivity contribution >= 4 is 22.9 Å². The monoisotopic (exact) mass is 529 g/mol. The van der Waals surface area contributed by atoms with Crippen molar-refractivity contribution in [1.82, 2.24) is 15.4 Å². The van der Waals surface area contributed by atoms with E-state index in [1.165, 1.54) is 6.07 Å². The van der Waals surface area contributed by atoms with Gasteiger partial charge in [-0.05, 0) is 84.7 Å². The number of hydrogen-bond acceptors (Lipinski definition) is 3. The second kappa shape index (κ2) is 10.8. The maximum atomic E-state index is 14.2. The molecule has 3 N–H and O–H groups in total. The van der Waals surface area contributed by atoms with Gasteiger partial charge in [0.15, 0.2) is 0 Å². The van der Waals surface area contributed by atoms with Crippen LogP contribution < -0.4 is 15.6 Å². The molecule has 202 valence electrons. The lowest BCUT2D eigenvalue weighted by molar-refractivity contribution is -0.128. The number of ether oxygens (including phenoxy) is 1. The Morgan fingerprint density at radius 2 is 1.79 bits per heavy atom. The molecule has 8 heteroatoms. The zero-order valence-corrected chi connectivity index (χ0v) is 22.2. The summed E-state index contributed by atoms with van der Waals surface area (Å²) in [5, 5.41) is 9.85. The first-order chi connectivity index (χ1) is 18.7. The van der Waals surface area contributed by atoms with Crippen LogP contribution in [-0.2, 0) is 11.4 Å². The number of nitrogens with zero attached hydrogens (tertiary/aromatic N) is 1. The van der Waals surface area contributed by atoms with Gasteiger partial charge < -0.3 is 14.4 Å². The second-order valence-corrected chi connectivity index (χ2v) is 10.5. The van der Waals surface area contributed by atoms with Gasteiger partial charge in [0.2, 0.25) is 5.91 Å². The quantitative estimate of drug-likeness (QED) is 0.236. The second-order valence-electron chi connectivity index (χ2n) is 10.5. The standard InChI is InChI=1S/C31H32FN3O4/c1-18(2)29-28(21-14-22(15-21)30(36)33-34-31(37)38)25-16-24(39-17-20-7-5-4-6-8-20)10-12-27(25)35(29)23-9-11-26(32)19(3)13-23/h4-13,16,18,21-22,34H,14-15,17H2,1-3H3,(H,33,36)(H,37,38). The molecule has 0 saturated heterocycles. The van der Waals surface area contributed by atoms with Crippen molar-refractivity contribution in [1.29, 1.82) is 0 Å². The molecule has 7 nitrogen and oxygen atoms in total. The summed E-state index contributed by atoms with van der Waals surface area (Å²) >= 11 is 0. The fourth-order valence-electron chi connectivity index (χ4n) is 5.47. The van der Waals surface area contributed by atoms with Crippen LogP contribution in [0.3, 0.4) is 0 Å². The molecule has 39 heavy (non-hydrogen) atoms. The Labute approximate surface area is 226 Å². The van der Waals surface area contributed by atoms with Crippen LogP contribution in [0.5, 0.6) is 5.75 Å². The highest BCUT2D eigenvalue weighted by Crippen LogP contribution is 2.49. The van der Waals surface area contributed by atoms with Crippen LogP contribution in [0.4, 0.5) is 9.18 Å². The molecule has 5 rings (SSSR count). The van der Waals surface area contributed by atoms with Crippen LogP contribution in [0, 0.1) is 18.7 Å². The SMILES string of the molecule is Cc1cc(-n2c(C(C)C)c(C3CC(C(=O)NNC(=O)O)C3)c3cc(OCc4ccccc4)ccc32)ccc1F. The number of nitrogens with one attached hydrogen (secondary N) is 2. The van der Waals surface area contributed by atoms with Crippen molar-refractivity contribution in [2.75, 3.05) is 0 Å². The maximum absolute atomic E-state index is 14.2. The summed E-state index contributed by atoms with van der Waals surface area (Å²) in [5.41, 5.74) is 9.99. The zero-order valence-electron chi connectivity index (χ0n) is 22.2. The predicted octanol–water partition coefficient (Wildman–Crippen LogP) is 6.57. The third-order valence-corrected chi connectivity index (χ3v) is 7.42. The molecule has 0 aliphatic heterocycles. The lowest BCUT2D eigenvalue weighted by atomic mass is 9.69. The Kier molecular flexibility index (Phi) is 7.28. The number of carbonyl (C=O) groups excluding carboxylic acids is 1. The molecule has 1 saturated carbocycles. The molecule has 1 fully saturated rings. The number of amides is 2. The highest BCUT2D eigenvalue weighted by molar-refractivity contribution is 5.90. The lowest BCUT2D eigenvalue weighted by Crippen LogP contribution is -2.46. The molecular weight excluding hydrogens is 497 g/mol. The lowest BCUT2D eigenvalue weighted by Gasteiger charge is -2.35. The number of carboxylic acid groups (broad SMARTS) is 1. The summed E-state index contributed by atoms with van der Waals surface area (Å²) in [5.74, 6) is 0.136. The van der Waals surface area contributed by atoms with Crippen molar-refractivity contribution in [2.45, 2.75) is 52.1 Å². The normalized spacial score (nSPS) is 16.6. The molecule has 2 amide bonds. The molecular formula is C31H32FN3O4. The van der Waals surface area contributed by atoms with Gasteiger partial charge in [0.25, 0.3) is 0 Å². The number of fused-ring (bicyclic) bond motifs is 1. The summed E-state index contributed by atoms with van der Waals surface area (Å²) in [4.78, 5) is 23.2. The van der Waals surface area contributed by atoms with E-state index in [-0.39, 0.29) is 29.5 Å². The van der Waals surface area contributed by atoms with Crippen molar-refractivity contribution in [3.8, 4) is 11.4 Å². The van der Waals surface area contributed by atoms with Crippen LogP contribution in [0.2, 0.25) is 0 Å². The van der Waals surface area contributed by atoms with E-state index in [9.17, 15) is 14.0 Å². The first kappa shape index (κ1) is 26.3. The fraction of sp³-hybridized carbons (Fsp3) is 0.290. The number of carbonyl (C=O) groups is 2. The Morgan fingerprint density at radius 1 is 1.05 bits per heavy atom. The molecule has 1 heterocycles. The van der Waals surface area contributed by atoms with Crippen LogP contribution >= 0.6 is 0 Å². The van der Waals surface area contributed by atoms with Crippen LogP contribution in [-0.4, -0.2) is 21.7 Å². The molecule has 0 radical (unpaired) electrons. The molecule has 0 unspecified atom stereocenters. The highest BCUT2D eigenvalue weighted by atomic mass is 19.1. The molecule has 0 atom stereocenters. The van der Waals surface area contributed by atoms with Gasteiger partial charge in [-0.2, -0.15) is 0 Å². The van der Waals surface area contributed by atoms with Crippen molar-refractivity contribution in [3.05, 3.63) is 94.9 Å². The third-order valence-electron chi connectivity index (χ3n) is 7.42. The van der Waals surface area contributed by atoms with Crippen molar-refractivity contribution in [3.63, 3.8) is 0 Å². The predicted molar refractivity (Wildman–Crippen MR) is 148 cm³/mol. The minimum Gasteiger partial charge on any atom is -0.489 e. The average molecular weight is 530 g/mol. The number of hydrogen-bond donors (Lipinski definition) is 3. The number of hydrazine groups is 1. The van der Waals surface area contributed by atoms with E-state index >= 15 is 0 Å². The largest absolute Gasteiger partial charge is 0.489 e. The van der Waals surface area contributed by atoms with Gasteiger partial charge >= 0.3 is 6.09 Å². The van der Waals surface area contributed by atoms with E-state index in [0.29, 0.717) is 25.0 Å². The Hall–Kier alpha value is -4.33. The minimum atomic E-state index is -1.30. The summed E-state index contributed by atoms with van der Waals surface area (Å²) in [7, 11) is 0. The molecule has 3 aromatic carbocycles. The summed E-state index contributed by atoms with van der Waals surface area (Å²) in [6.45, 7) is 6.48. The van der Waals surface area contributed by atoms with E-state index in [2.05, 4.69) is 29.9 Å². The molecule has 0 spiro atoms. The van der Waals surface area contributed by atoms with Crippen molar-refractivity contribution in [2.24, 2.45) is 5.92 Å². The fourth-order valence-corrected chi connectivity index (χ4v) is 5.47. The average Bonchev–Trinajstić information content (AvgIpc) is 3.22. The van der Waals surface area contributed by atoms with Gasteiger partial charge in [0, 0.05) is 22.7 Å². The van der Waals surface area contributed by atoms with Crippen LogP contribution in [0.15, 0.2) is 66.7 Å². The van der Waals surface area contributed by atoms with E-state index in [0.717, 1.165) is 39.2 Å². The van der Waals surface area contributed by atoms with Gasteiger partial charge in [-0.1, -0.05) is 44.2 Å². The highest BCUT2D eigenvalue weighted by Gasteiger charge is 2.39. The zero-order chi connectivity index (χ0) is 27.7. The smallest absolute Gasteiger partial charge is 0.423 e. The van der Waals surface area contributed by atoms with Gasteiger partial charge in [-0.25, -0.2) is 14.6 Å². The molecule has 0 bridgehead atoms. The number of rotatable bonds is 7. The Morgan fingerprint density at radius 3 is 2.46 bits per heavy atom. The van der Waals surface area contributed by atoms with Crippen LogP contribution in [0.25, 0.3) is 16.6 Å². The minimum absolute atomic E-state index is 0.109. The Bertz CT molecular complexity index is 1520. The van der Waals surface area contributed by atoms with Gasteiger partial charge in [-0.3, -0.25) is 10.2 Å². The Balaban J connectivity index is 1.56. The third kappa shape index (κ3) is 5.32. The first-order valence-electron chi connectivity index (χ1n) is 13.1. The van der Waals surface area contributed by atoms with E-state index in [4.69, 9.17) is 9.84 Å². The van der Waals surface area contributed by atoms with Crippen molar-refractivity contribution < 1.29 is 23.8 Å². The van der Waals surface area contributed by atoms with E-state index in [1.807, 2.05) is 54.0 Å². The van der Waals surface area contributed by atoms with Crippen LogP contribution in [0.1, 0.15) is 60.9 Å². The molecule has 4 aromatic rings. The molecule has 1 aromatic heterocycles. The van der Waals surface area contributed by atoms with E-state index in [1.54, 1.807) is 13.0 Å². The number of halogens is 1.